The van der Waals surface area contributed by atoms with Crippen molar-refractivity contribution in [1.29, 1.82) is 0 Å². The Bertz CT molecular complexity index is 1310. The van der Waals surface area contributed by atoms with Crippen LogP contribution in [0.3, 0.4) is 0 Å². The van der Waals surface area contributed by atoms with Gasteiger partial charge in [-0.3, -0.25) is 19.2 Å². The number of ether oxygens (including phenoxy) is 1. The summed E-state index contributed by atoms with van der Waals surface area (Å²) >= 11 is 0. The Balaban J connectivity index is 1.51. The molecular formula is C24H23N3O5S. The number of anilines is 3. The second-order valence-corrected chi connectivity index (χ2v) is 9.33. The van der Waals surface area contributed by atoms with Crippen molar-refractivity contribution in [3.05, 3.63) is 78.4 Å². The van der Waals surface area contributed by atoms with Gasteiger partial charge in [0.05, 0.1) is 16.3 Å². The second-order valence-electron chi connectivity index (χ2n) is 7.65. The van der Waals surface area contributed by atoms with Gasteiger partial charge in [0.15, 0.2) is 6.10 Å². The molecule has 0 aromatic heterocycles. The zero-order valence-electron chi connectivity index (χ0n) is 18.1. The first kappa shape index (κ1) is 22.3. The average molecular weight is 466 g/mol. The fraction of sp³-hybridized carbons (Fsp3) is 0.167. The minimum atomic E-state index is -3.78. The lowest BCUT2D eigenvalue weighted by molar-refractivity contribution is -0.127. The van der Waals surface area contributed by atoms with Crippen LogP contribution in [0, 0.1) is 6.92 Å². The Morgan fingerprint density at radius 1 is 1.03 bits per heavy atom. The molecule has 0 saturated carbocycles. The number of fused-ring (bicyclic) bond motifs is 1. The number of carbonyl (C=O) groups is 2. The number of para-hydroxylation sites is 2. The van der Waals surface area contributed by atoms with Gasteiger partial charge in [-0.25, -0.2) is 8.42 Å². The highest BCUT2D eigenvalue weighted by Gasteiger charge is 2.32. The van der Waals surface area contributed by atoms with E-state index in [1.165, 1.54) is 17.0 Å². The Hall–Kier alpha value is -3.85. The third kappa shape index (κ3) is 4.83. The van der Waals surface area contributed by atoms with Crippen LogP contribution >= 0.6 is 0 Å². The Morgan fingerprint density at radius 3 is 2.48 bits per heavy atom. The number of amides is 2. The summed E-state index contributed by atoms with van der Waals surface area (Å²) in [4.78, 5) is 26.9. The minimum absolute atomic E-state index is 0.137. The maximum Gasteiger partial charge on any atom is 0.268 e. The molecule has 1 aliphatic heterocycles. The SMILES string of the molecule is Cc1ccc(NC(=O)CN2C(=O)C(C)Oc3ccccc32)cc1NS(=O)(=O)c1ccccc1. The first-order valence-corrected chi connectivity index (χ1v) is 11.8. The summed E-state index contributed by atoms with van der Waals surface area (Å²) in [6.45, 7) is 3.19. The molecule has 0 saturated heterocycles. The summed E-state index contributed by atoms with van der Waals surface area (Å²) in [6, 6.07) is 20.0. The molecule has 1 heterocycles. The molecule has 0 bridgehead atoms. The van der Waals surface area contributed by atoms with Gasteiger partial charge in [-0.05, 0) is 55.8 Å². The summed E-state index contributed by atoms with van der Waals surface area (Å²) in [6.07, 6.45) is -0.703. The number of carbonyl (C=O) groups excluding carboxylic acids is 2. The van der Waals surface area contributed by atoms with Crippen LogP contribution in [0.2, 0.25) is 0 Å². The van der Waals surface area contributed by atoms with Gasteiger partial charge in [-0.2, -0.15) is 0 Å². The van der Waals surface area contributed by atoms with E-state index in [2.05, 4.69) is 10.0 Å². The highest BCUT2D eigenvalue weighted by Crippen LogP contribution is 2.33. The van der Waals surface area contributed by atoms with Crippen molar-refractivity contribution in [2.45, 2.75) is 24.8 Å². The quantitative estimate of drug-likeness (QED) is 0.579. The van der Waals surface area contributed by atoms with Crippen LogP contribution in [0.15, 0.2) is 77.7 Å². The number of hydrogen-bond donors (Lipinski definition) is 2. The topological polar surface area (TPSA) is 105 Å². The number of benzene rings is 3. The fourth-order valence-corrected chi connectivity index (χ4v) is 4.62. The van der Waals surface area contributed by atoms with E-state index in [1.54, 1.807) is 74.5 Å². The minimum Gasteiger partial charge on any atom is -0.479 e. The van der Waals surface area contributed by atoms with Crippen LogP contribution in [0.5, 0.6) is 5.75 Å². The van der Waals surface area contributed by atoms with Crippen molar-refractivity contribution in [1.82, 2.24) is 0 Å². The van der Waals surface area contributed by atoms with Crippen molar-refractivity contribution in [3.63, 3.8) is 0 Å². The highest BCUT2D eigenvalue weighted by atomic mass is 32.2. The monoisotopic (exact) mass is 465 g/mol. The van der Waals surface area contributed by atoms with Crippen LogP contribution in [0.1, 0.15) is 12.5 Å². The van der Waals surface area contributed by atoms with Crippen molar-refractivity contribution >= 4 is 38.9 Å². The molecule has 0 radical (unpaired) electrons. The molecule has 1 unspecified atom stereocenters. The molecule has 9 heteroatoms. The van der Waals surface area contributed by atoms with E-state index < -0.39 is 22.0 Å². The number of nitrogens with zero attached hydrogens (tertiary/aromatic N) is 1. The molecule has 0 spiro atoms. The summed E-state index contributed by atoms with van der Waals surface area (Å²) in [5.74, 6) is -0.206. The summed E-state index contributed by atoms with van der Waals surface area (Å²) < 4.78 is 33.5. The molecule has 170 valence electrons. The van der Waals surface area contributed by atoms with Crippen molar-refractivity contribution in [2.24, 2.45) is 0 Å². The van der Waals surface area contributed by atoms with Gasteiger partial charge >= 0.3 is 0 Å². The molecule has 1 aliphatic rings. The first-order chi connectivity index (χ1) is 15.7. The fourth-order valence-electron chi connectivity index (χ4n) is 3.48. The average Bonchev–Trinajstić information content (AvgIpc) is 2.79. The predicted octanol–water partition coefficient (Wildman–Crippen LogP) is 3.55. The number of hydrogen-bond acceptors (Lipinski definition) is 5. The number of aryl methyl sites for hydroxylation is 1. The lowest BCUT2D eigenvalue weighted by Gasteiger charge is -2.32. The normalized spacial score (nSPS) is 15.4. The standard InChI is InChI=1S/C24H23N3O5S/c1-16-12-13-18(14-20(16)26-33(30,31)19-8-4-3-5-9-19)25-23(28)15-27-21-10-6-7-11-22(21)32-17(2)24(27)29/h3-14,17,26H,15H2,1-2H3,(H,25,28). The molecule has 33 heavy (non-hydrogen) atoms. The van der Waals surface area contributed by atoms with E-state index in [0.29, 0.717) is 28.4 Å². The number of nitrogens with one attached hydrogen (secondary N) is 2. The first-order valence-electron chi connectivity index (χ1n) is 10.3. The predicted molar refractivity (Wildman–Crippen MR) is 126 cm³/mol. The smallest absolute Gasteiger partial charge is 0.268 e. The van der Waals surface area contributed by atoms with Gasteiger partial charge in [-0.15, -0.1) is 0 Å². The van der Waals surface area contributed by atoms with Gasteiger partial charge in [0.1, 0.15) is 12.3 Å². The highest BCUT2D eigenvalue weighted by molar-refractivity contribution is 7.92. The molecule has 2 N–H and O–H groups in total. The van der Waals surface area contributed by atoms with Gasteiger partial charge < -0.3 is 10.1 Å². The van der Waals surface area contributed by atoms with Crippen molar-refractivity contribution < 1.29 is 22.7 Å². The van der Waals surface area contributed by atoms with E-state index in [0.717, 1.165) is 0 Å². The summed E-state index contributed by atoms with van der Waals surface area (Å²) in [5, 5.41) is 2.74. The van der Waals surface area contributed by atoms with Gasteiger partial charge in [0, 0.05) is 5.69 Å². The van der Waals surface area contributed by atoms with Gasteiger partial charge in [-0.1, -0.05) is 36.4 Å². The summed E-state index contributed by atoms with van der Waals surface area (Å²) in [5.41, 5.74) is 1.96. The molecule has 2 amide bonds. The lowest BCUT2D eigenvalue weighted by Crippen LogP contribution is -2.47. The zero-order chi connectivity index (χ0) is 23.6. The maximum atomic E-state index is 12.8. The molecule has 4 rings (SSSR count). The lowest BCUT2D eigenvalue weighted by atomic mass is 10.1. The van der Waals surface area contributed by atoms with Gasteiger partial charge in [0.25, 0.3) is 15.9 Å². The van der Waals surface area contributed by atoms with Crippen LogP contribution < -0.4 is 19.7 Å². The molecule has 8 nitrogen and oxygen atoms in total. The Morgan fingerprint density at radius 2 is 1.73 bits per heavy atom. The second kappa shape index (κ2) is 8.95. The molecule has 3 aromatic rings. The van der Waals surface area contributed by atoms with E-state index in [9.17, 15) is 18.0 Å². The third-order valence-corrected chi connectivity index (χ3v) is 6.58. The zero-order valence-corrected chi connectivity index (χ0v) is 18.9. The van der Waals surface area contributed by atoms with E-state index >= 15 is 0 Å². The van der Waals surface area contributed by atoms with Crippen molar-refractivity contribution in [3.8, 4) is 5.75 Å². The van der Waals surface area contributed by atoms with E-state index in [4.69, 9.17) is 4.74 Å². The van der Waals surface area contributed by atoms with Crippen molar-refractivity contribution in [2.75, 3.05) is 21.5 Å². The summed E-state index contributed by atoms with van der Waals surface area (Å²) in [7, 11) is -3.78. The maximum absolute atomic E-state index is 12.8. The molecule has 3 aromatic carbocycles. The third-order valence-electron chi connectivity index (χ3n) is 5.19. The molecule has 0 fully saturated rings. The molecular weight excluding hydrogens is 442 g/mol. The van der Waals surface area contributed by atoms with Gasteiger partial charge in [0.2, 0.25) is 5.91 Å². The van der Waals surface area contributed by atoms with Crippen LogP contribution in [0.25, 0.3) is 0 Å². The molecule has 1 atom stereocenters. The largest absolute Gasteiger partial charge is 0.479 e. The van der Waals surface area contributed by atoms with Crippen LogP contribution in [0.4, 0.5) is 17.1 Å². The Labute approximate surface area is 192 Å². The van der Waals surface area contributed by atoms with Crippen LogP contribution in [-0.4, -0.2) is 32.9 Å². The van der Waals surface area contributed by atoms with Crippen LogP contribution in [-0.2, 0) is 19.6 Å². The van der Waals surface area contributed by atoms with E-state index in [-0.39, 0.29) is 17.3 Å². The number of rotatable bonds is 6. The Kier molecular flexibility index (Phi) is 6.06. The van der Waals surface area contributed by atoms with E-state index in [1.807, 2.05) is 0 Å². The number of sulfonamides is 1. The molecule has 0 aliphatic carbocycles.